The minimum absolute atomic E-state index is 0.539. The van der Waals surface area contributed by atoms with E-state index >= 15 is 0 Å². The van der Waals surface area contributed by atoms with Crippen molar-refractivity contribution in [3.05, 3.63) is 72.6 Å². The smallest absolute Gasteiger partial charge is 0.219 e. The van der Waals surface area contributed by atoms with E-state index in [1.54, 1.807) is 7.11 Å². The van der Waals surface area contributed by atoms with Gasteiger partial charge in [-0.05, 0) is 29.8 Å². The van der Waals surface area contributed by atoms with Crippen LogP contribution in [0, 0.1) is 0 Å². The lowest BCUT2D eigenvalue weighted by Gasteiger charge is -2.37. The third kappa shape index (κ3) is 5.46. The van der Waals surface area contributed by atoms with Gasteiger partial charge >= 0.3 is 0 Å². The molecule has 1 aromatic carbocycles. The van der Waals surface area contributed by atoms with Gasteiger partial charge in [-0.2, -0.15) is 0 Å². The molecule has 1 fully saturated rings. The summed E-state index contributed by atoms with van der Waals surface area (Å²) in [4.78, 5) is 17.9. The predicted molar refractivity (Wildman–Crippen MR) is 126 cm³/mol. The second-order valence-electron chi connectivity index (χ2n) is 7.35. The van der Waals surface area contributed by atoms with Gasteiger partial charge in [-0.15, -0.1) is 0 Å². The molecule has 2 aromatic heterocycles. The van der Waals surface area contributed by atoms with Crippen molar-refractivity contribution < 1.29 is 9.47 Å². The number of hydrogen-bond donors (Lipinski definition) is 1. The highest BCUT2D eigenvalue weighted by atomic mass is 16.5. The summed E-state index contributed by atoms with van der Waals surface area (Å²) in [6.45, 7) is 4.24. The number of aliphatic imine (C=N–C) groups is 1. The lowest BCUT2D eigenvalue weighted by molar-refractivity contribution is 0.371. The monoisotopic (exact) mass is 432 g/mol. The molecule has 3 aromatic rings. The third-order valence-corrected chi connectivity index (χ3v) is 5.28. The normalized spacial score (nSPS) is 14.2. The predicted octanol–water partition coefficient (Wildman–Crippen LogP) is 3.18. The summed E-state index contributed by atoms with van der Waals surface area (Å²) in [5, 5.41) is 3.44. The maximum Gasteiger partial charge on any atom is 0.219 e. The van der Waals surface area contributed by atoms with Gasteiger partial charge in [0.1, 0.15) is 17.3 Å². The molecular weight excluding hydrogens is 404 g/mol. The average molecular weight is 433 g/mol. The molecule has 0 bridgehead atoms. The molecule has 8 heteroatoms. The number of aromatic nitrogens is 2. The summed E-state index contributed by atoms with van der Waals surface area (Å²) in [7, 11) is 3.45. The molecule has 0 unspecified atom stereocenters. The van der Waals surface area contributed by atoms with Gasteiger partial charge < -0.3 is 24.6 Å². The van der Waals surface area contributed by atoms with E-state index in [0.29, 0.717) is 18.2 Å². The van der Waals surface area contributed by atoms with Gasteiger partial charge in [-0.25, -0.2) is 9.97 Å². The lowest BCUT2D eigenvalue weighted by atomic mass is 10.3. The molecule has 0 amide bonds. The number of rotatable bonds is 6. The standard InChI is InChI=1S/C24H28N6O2/c1-25-24(30-14-12-29(13-15-30)22-8-3-4-11-26-22)28-18-19-9-10-23(27-17-19)32-21-7-5-6-20(16-21)31-2/h3-11,16-17H,12-15,18H2,1-2H3,(H,25,28). The van der Waals surface area contributed by atoms with Gasteiger partial charge in [0, 0.05) is 64.3 Å². The zero-order valence-corrected chi connectivity index (χ0v) is 18.4. The van der Waals surface area contributed by atoms with Crippen molar-refractivity contribution in [1.29, 1.82) is 0 Å². The molecule has 1 saturated heterocycles. The van der Waals surface area contributed by atoms with Gasteiger partial charge in [0.25, 0.3) is 0 Å². The van der Waals surface area contributed by atoms with Crippen LogP contribution in [0.25, 0.3) is 0 Å². The van der Waals surface area contributed by atoms with E-state index in [2.05, 4.69) is 36.1 Å². The molecule has 1 aliphatic rings. The van der Waals surface area contributed by atoms with Crippen molar-refractivity contribution in [2.24, 2.45) is 4.99 Å². The molecule has 0 radical (unpaired) electrons. The average Bonchev–Trinajstić information content (AvgIpc) is 2.86. The van der Waals surface area contributed by atoms with E-state index in [4.69, 9.17) is 9.47 Å². The number of piperazine rings is 1. The second-order valence-corrected chi connectivity index (χ2v) is 7.35. The van der Waals surface area contributed by atoms with Crippen LogP contribution in [0.2, 0.25) is 0 Å². The van der Waals surface area contributed by atoms with Crippen molar-refractivity contribution in [2.45, 2.75) is 6.54 Å². The van der Waals surface area contributed by atoms with Crippen LogP contribution >= 0.6 is 0 Å². The Hall–Kier alpha value is -3.81. The maximum absolute atomic E-state index is 5.81. The molecule has 1 N–H and O–H groups in total. The Bertz CT molecular complexity index is 1020. The molecular formula is C24H28N6O2. The summed E-state index contributed by atoms with van der Waals surface area (Å²) in [6, 6.07) is 17.3. The first-order valence-corrected chi connectivity index (χ1v) is 10.6. The Kier molecular flexibility index (Phi) is 7.01. The number of methoxy groups -OCH3 is 1. The van der Waals surface area contributed by atoms with Crippen LogP contribution in [0.1, 0.15) is 5.56 Å². The largest absolute Gasteiger partial charge is 0.497 e. The first-order chi connectivity index (χ1) is 15.7. The van der Waals surface area contributed by atoms with Crippen LogP contribution in [0.3, 0.4) is 0 Å². The molecule has 1 aliphatic heterocycles. The van der Waals surface area contributed by atoms with E-state index in [-0.39, 0.29) is 0 Å². The van der Waals surface area contributed by atoms with Crippen LogP contribution in [-0.4, -0.2) is 61.2 Å². The summed E-state index contributed by atoms with van der Waals surface area (Å²) in [5.74, 6) is 3.89. The van der Waals surface area contributed by atoms with E-state index in [1.807, 2.05) is 68.0 Å². The minimum Gasteiger partial charge on any atom is -0.497 e. The van der Waals surface area contributed by atoms with Crippen LogP contribution < -0.4 is 19.7 Å². The Morgan fingerprint density at radius 3 is 2.53 bits per heavy atom. The minimum atomic E-state index is 0.539. The molecule has 0 saturated carbocycles. The number of nitrogens with zero attached hydrogens (tertiary/aromatic N) is 5. The third-order valence-electron chi connectivity index (χ3n) is 5.28. The number of pyridine rings is 2. The number of guanidine groups is 1. The highest BCUT2D eigenvalue weighted by Gasteiger charge is 2.20. The molecule has 4 rings (SSSR count). The first kappa shape index (κ1) is 21.4. The van der Waals surface area contributed by atoms with Gasteiger partial charge in [0.15, 0.2) is 5.96 Å². The van der Waals surface area contributed by atoms with Gasteiger partial charge in [-0.3, -0.25) is 4.99 Å². The van der Waals surface area contributed by atoms with Crippen molar-refractivity contribution in [3.63, 3.8) is 0 Å². The topological polar surface area (TPSA) is 75.1 Å². The summed E-state index contributed by atoms with van der Waals surface area (Å²) < 4.78 is 11.0. The fourth-order valence-corrected chi connectivity index (χ4v) is 3.56. The molecule has 0 spiro atoms. The number of benzene rings is 1. The highest BCUT2D eigenvalue weighted by molar-refractivity contribution is 5.80. The Morgan fingerprint density at radius 1 is 1.00 bits per heavy atom. The molecule has 3 heterocycles. The highest BCUT2D eigenvalue weighted by Crippen LogP contribution is 2.23. The Morgan fingerprint density at radius 2 is 1.84 bits per heavy atom. The van der Waals surface area contributed by atoms with Crippen LogP contribution in [0.5, 0.6) is 17.4 Å². The zero-order valence-electron chi connectivity index (χ0n) is 18.4. The van der Waals surface area contributed by atoms with Crippen molar-refractivity contribution in [3.8, 4) is 17.4 Å². The van der Waals surface area contributed by atoms with E-state index < -0.39 is 0 Å². The number of hydrogen-bond acceptors (Lipinski definition) is 6. The number of ether oxygens (including phenoxy) is 2. The van der Waals surface area contributed by atoms with Crippen molar-refractivity contribution in [2.75, 3.05) is 45.2 Å². The summed E-state index contributed by atoms with van der Waals surface area (Å²) >= 11 is 0. The van der Waals surface area contributed by atoms with Gasteiger partial charge in [0.2, 0.25) is 5.88 Å². The van der Waals surface area contributed by atoms with E-state index in [1.165, 1.54) is 0 Å². The molecule has 8 nitrogen and oxygen atoms in total. The van der Waals surface area contributed by atoms with Crippen molar-refractivity contribution >= 4 is 11.8 Å². The van der Waals surface area contributed by atoms with E-state index in [9.17, 15) is 0 Å². The summed E-state index contributed by atoms with van der Waals surface area (Å²) in [6.07, 6.45) is 3.65. The molecule has 0 atom stereocenters. The van der Waals surface area contributed by atoms with Gasteiger partial charge in [0.05, 0.1) is 7.11 Å². The molecule has 166 valence electrons. The first-order valence-electron chi connectivity index (χ1n) is 10.6. The number of anilines is 1. The van der Waals surface area contributed by atoms with Crippen molar-refractivity contribution in [1.82, 2.24) is 20.2 Å². The molecule has 32 heavy (non-hydrogen) atoms. The molecule has 0 aliphatic carbocycles. The number of nitrogens with one attached hydrogen (secondary N) is 1. The quantitative estimate of drug-likeness (QED) is 0.474. The lowest BCUT2D eigenvalue weighted by Crippen LogP contribution is -2.52. The Labute approximate surface area is 188 Å². The fraction of sp³-hybridized carbons (Fsp3) is 0.292. The SMILES string of the molecule is CN=C(NCc1ccc(Oc2cccc(OC)c2)nc1)N1CCN(c2ccccn2)CC1. The van der Waals surface area contributed by atoms with Crippen LogP contribution in [0.4, 0.5) is 5.82 Å². The van der Waals surface area contributed by atoms with Crippen LogP contribution in [-0.2, 0) is 6.54 Å². The fourth-order valence-electron chi connectivity index (χ4n) is 3.56. The van der Waals surface area contributed by atoms with Gasteiger partial charge in [-0.1, -0.05) is 18.2 Å². The maximum atomic E-state index is 5.81. The second kappa shape index (κ2) is 10.5. The summed E-state index contributed by atoms with van der Waals surface area (Å²) in [5.41, 5.74) is 1.05. The zero-order chi connectivity index (χ0) is 22.2. The van der Waals surface area contributed by atoms with E-state index in [0.717, 1.165) is 49.3 Å². The van der Waals surface area contributed by atoms with Crippen LogP contribution in [0.15, 0.2) is 72.0 Å². The Balaban J connectivity index is 1.28.